The van der Waals surface area contributed by atoms with Crippen LogP contribution in [0.4, 0.5) is 0 Å². The van der Waals surface area contributed by atoms with Crippen molar-refractivity contribution in [2.24, 2.45) is 0 Å². The number of rotatable bonds is 0. The average molecular weight is 185 g/mol. The first-order chi connectivity index (χ1) is 2.89. The van der Waals surface area contributed by atoms with Crippen molar-refractivity contribution in [2.75, 3.05) is 0 Å². The van der Waals surface area contributed by atoms with E-state index in [0.717, 1.165) is 0 Å². The molecule has 8 heavy (non-hydrogen) atoms. The third-order valence-corrected chi connectivity index (χ3v) is 0.559. The Balaban J connectivity index is 0. The fraction of sp³-hybridized carbons (Fsp3) is 0. The Morgan fingerprint density at radius 2 is 2.12 bits per heavy atom. The Kier molecular flexibility index (Phi) is 7.35. The maximum atomic E-state index is 3.72. The molecular formula is C5H8N2Y-2. The molecule has 1 heterocycles. The number of aromatic nitrogens is 2. The summed E-state index contributed by atoms with van der Waals surface area (Å²) in [7, 11) is 3.49. The summed E-state index contributed by atoms with van der Waals surface area (Å²) in [4.78, 5) is 0. The summed E-state index contributed by atoms with van der Waals surface area (Å²) in [6.07, 6.45) is 3.47. The molecule has 1 aromatic heterocycles. The molecule has 0 aromatic carbocycles. The van der Waals surface area contributed by atoms with E-state index in [0.29, 0.717) is 0 Å². The number of hydrogen-bond donors (Lipinski definition) is 0. The fourth-order valence-corrected chi connectivity index (χ4v) is 0.300. The first-order valence-electron chi connectivity index (χ1n) is 1.70. The Bertz CT molecular complexity index is 114. The Morgan fingerprint density at radius 1 is 1.50 bits per heavy atom. The Hall–Kier alpha value is 0.184. The van der Waals surface area contributed by atoms with Crippen molar-refractivity contribution >= 4 is 0 Å². The van der Waals surface area contributed by atoms with E-state index in [1.54, 1.807) is 12.4 Å². The molecule has 43 valence electrons. The SMILES string of the molecule is [CH2-]n1cccn1.[CH3-].[Y]. The largest absolute Gasteiger partial charge is 0.409 e. The molecule has 0 saturated heterocycles. The monoisotopic (exact) mass is 185 g/mol. The molecule has 0 spiro atoms. The topological polar surface area (TPSA) is 17.8 Å². The van der Waals surface area contributed by atoms with Crippen LogP contribution < -0.4 is 0 Å². The van der Waals surface area contributed by atoms with Gasteiger partial charge in [-0.25, -0.2) is 5.10 Å². The third-order valence-electron chi connectivity index (χ3n) is 0.559. The van der Waals surface area contributed by atoms with Gasteiger partial charge in [-0.3, -0.25) is 0 Å². The van der Waals surface area contributed by atoms with Crippen LogP contribution in [0.5, 0.6) is 0 Å². The molecule has 0 saturated carbocycles. The molecule has 0 aliphatic carbocycles. The standard InChI is InChI=1S/C4H5N2.CH3.Y/c1-6-4-2-3-5-6;;/h2-4H,1H2;1H3;/q2*-1;. The van der Waals surface area contributed by atoms with Crippen molar-refractivity contribution in [3.8, 4) is 0 Å². The van der Waals surface area contributed by atoms with Crippen LogP contribution in [0.1, 0.15) is 0 Å². The molecular weight excluding hydrogens is 177 g/mol. The van der Waals surface area contributed by atoms with E-state index in [2.05, 4.69) is 12.1 Å². The van der Waals surface area contributed by atoms with Crippen molar-refractivity contribution in [2.45, 2.75) is 0 Å². The van der Waals surface area contributed by atoms with E-state index in [-0.39, 0.29) is 40.1 Å². The van der Waals surface area contributed by atoms with E-state index in [1.807, 2.05) is 6.07 Å². The van der Waals surface area contributed by atoms with E-state index in [9.17, 15) is 0 Å². The molecule has 3 heteroatoms. The van der Waals surface area contributed by atoms with Crippen LogP contribution in [-0.2, 0) is 32.7 Å². The molecule has 0 atom stereocenters. The molecule has 1 aromatic rings. The molecule has 1 rings (SSSR count). The van der Waals surface area contributed by atoms with Gasteiger partial charge in [0.05, 0.1) is 0 Å². The van der Waals surface area contributed by atoms with E-state index in [1.165, 1.54) is 4.68 Å². The minimum Gasteiger partial charge on any atom is -0.409 e. The summed E-state index contributed by atoms with van der Waals surface area (Å²) in [6.45, 7) is 0. The smallest absolute Gasteiger partial charge is 0.0281 e. The zero-order valence-corrected chi connectivity index (χ0v) is 7.75. The first kappa shape index (κ1) is 11.0. The maximum Gasteiger partial charge on any atom is 0.0281 e. The average Bonchev–Trinajstić information content (AvgIpc) is 1.86. The van der Waals surface area contributed by atoms with Crippen LogP contribution in [0.15, 0.2) is 18.5 Å². The molecule has 0 aliphatic rings. The van der Waals surface area contributed by atoms with Gasteiger partial charge in [-0.2, -0.15) is 7.05 Å². The predicted octanol–water partition coefficient (Wildman–Crippen LogP) is 0.971. The van der Waals surface area contributed by atoms with Crippen molar-refractivity contribution in [1.29, 1.82) is 0 Å². The van der Waals surface area contributed by atoms with Gasteiger partial charge in [0.15, 0.2) is 0 Å². The van der Waals surface area contributed by atoms with Gasteiger partial charge >= 0.3 is 0 Å². The van der Waals surface area contributed by atoms with Crippen LogP contribution in [-0.4, -0.2) is 9.78 Å². The van der Waals surface area contributed by atoms with Gasteiger partial charge in [0.2, 0.25) is 0 Å². The van der Waals surface area contributed by atoms with Crippen LogP contribution >= 0.6 is 0 Å². The normalized spacial score (nSPS) is 6.50. The fourth-order valence-electron chi connectivity index (χ4n) is 0.300. The molecule has 0 amide bonds. The summed E-state index contributed by atoms with van der Waals surface area (Å²) in [5, 5.41) is 3.72. The minimum absolute atomic E-state index is 0. The molecule has 0 fully saturated rings. The van der Waals surface area contributed by atoms with Gasteiger partial charge in [-0.05, 0) is 0 Å². The van der Waals surface area contributed by atoms with Gasteiger partial charge in [0.1, 0.15) is 0 Å². The van der Waals surface area contributed by atoms with E-state index >= 15 is 0 Å². The van der Waals surface area contributed by atoms with Crippen molar-refractivity contribution < 1.29 is 32.7 Å². The number of hydrogen-bond acceptors (Lipinski definition) is 1. The molecule has 2 nitrogen and oxygen atoms in total. The second kappa shape index (κ2) is 5.32. The van der Waals surface area contributed by atoms with Crippen molar-refractivity contribution in [1.82, 2.24) is 9.78 Å². The molecule has 0 aliphatic heterocycles. The quantitative estimate of drug-likeness (QED) is 0.550. The summed E-state index contributed by atoms with van der Waals surface area (Å²) < 4.78 is 1.50. The van der Waals surface area contributed by atoms with Gasteiger partial charge < -0.3 is 12.1 Å². The van der Waals surface area contributed by atoms with E-state index < -0.39 is 0 Å². The zero-order chi connectivity index (χ0) is 4.41. The van der Waals surface area contributed by atoms with Crippen molar-refractivity contribution in [3.63, 3.8) is 0 Å². The molecule has 0 bridgehead atoms. The Labute approximate surface area is 75.2 Å². The summed E-state index contributed by atoms with van der Waals surface area (Å²) in [6, 6.07) is 1.83. The van der Waals surface area contributed by atoms with Gasteiger partial charge in [-0.1, -0.05) is 0 Å². The first-order valence-corrected chi connectivity index (χ1v) is 1.70. The van der Waals surface area contributed by atoms with Crippen LogP contribution in [0.2, 0.25) is 0 Å². The van der Waals surface area contributed by atoms with Crippen LogP contribution in [0, 0.1) is 14.5 Å². The van der Waals surface area contributed by atoms with Crippen LogP contribution in [0.3, 0.4) is 0 Å². The second-order valence-corrected chi connectivity index (χ2v) is 1.05. The van der Waals surface area contributed by atoms with Gasteiger partial charge in [0.25, 0.3) is 0 Å². The molecule has 0 N–H and O–H groups in total. The Morgan fingerprint density at radius 3 is 2.25 bits per heavy atom. The van der Waals surface area contributed by atoms with Gasteiger partial charge in [0, 0.05) is 38.9 Å². The summed E-state index contributed by atoms with van der Waals surface area (Å²) >= 11 is 0. The molecule has 1 radical (unpaired) electrons. The predicted molar refractivity (Wildman–Crippen MR) is 29.4 cm³/mol. The summed E-state index contributed by atoms with van der Waals surface area (Å²) in [5.74, 6) is 0. The van der Waals surface area contributed by atoms with E-state index in [4.69, 9.17) is 0 Å². The second-order valence-electron chi connectivity index (χ2n) is 1.05. The van der Waals surface area contributed by atoms with Crippen LogP contribution in [0.25, 0.3) is 0 Å². The maximum absolute atomic E-state index is 3.72. The number of nitrogens with zero attached hydrogens (tertiary/aromatic N) is 2. The minimum atomic E-state index is 0. The van der Waals surface area contributed by atoms with Gasteiger partial charge in [-0.15, -0.1) is 12.3 Å². The zero-order valence-electron chi connectivity index (χ0n) is 4.91. The third kappa shape index (κ3) is 3.22. The molecule has 0 unspecified atom stereocenters. The van der Waals surface area contributed by atoms with Crippen molar-refractivity contribution in [3.05, 3.63) is 32.9 Å². The summed E-state index contributed by atoms with van der Waals surface area (Å²) in [5.41, 5.74) is 0.